The average molecular weight is 318 g/mol. The van der Waals surface area contributed by atoms with E-state index in [0.717, 1.165) is 22.8 Å². The van der Waals surface area contributed by atoms with E-state index in [0.29, 0.717) is 19.5 Å². The molecule has 0 aliphatic carbocycles. The minimum absolute atomic E-state index is 0.232. The molecule has 0 amide bonds. The number of nitrogens with one attached hydrogen (secondary N) is 1. The fourth-order valence-electron chi connectivity index (χ4n) is 2.49. The second kappa shape index (κ2) is 5.92. The van der Waals surface area contributed by atoms with Gasteiger partial charge in [0.2, 0.25) is 10.0 Å². The molecule has 1 aromatic heterocycles. The maximum absolute atomic E-state index is 12.0. The summed E-state index contributed by atoms with van der Waals surface area (Å²) in [6.45, 7) is 3.05. The SMILES string of the molecule is Cc1cc(NCc2cccc(N3CCCS3(=O)=O)c2)ncn1. The van der Waals surface area contributed by atoms with Crippen molar-refractivity contribution >= 4 is 21.5 Å². The van der Waals surface area contributed by atoms with Gasteiger partial charge < -0.3 is 5.32 Å². The van der Waals surface area contributed by atoms with Crippen LogP contribution in [-0.2, 0) is 16.6 Å². The first kappa shape index (κ1) is 14.8. The molecular weight excluding hydrogens is 300 g/mol. The van der Waals surface area contributed by atoms with Crippen LogP contribution in [-0.4, -0.2) is 30.7 Å². The molecule has 6 nitrogen and oxygen atoms in total. The number of hydrogen-bond acceptors (Lipinski definition) is 5. The maximum atomic E-state index is 12.0. The Kier molecular flexibility index (Phi) is 3.98. The summed E-state index contributed by atoms with van der Waals surface area (Å²) in [5.41, 5.74) is 2.64. The third-order valence-electron chi connectivity index (χ3n) is 3.58. The first-order chi connectivity index (χ1) is 10.5. The van der Waals surface area contributed by atoms with Crippen molar-refractivity contribution < 1.29 is 8.42 Å². The third-order valence-corrected chi connectivity index (χ3v) is 5.44. The lowest BCUT2D eigenvalue weighted by molar-refractivity contribution is 0.599. The average Bonchev–Trinajstić information content (AvgIpc) is 2.85. The third kappa shape index (κ3) is 3.19. The Hall–Kier alpha value is -2.15. The molecule has 1 aliphatic heterocycles. The van der Waals surface area contributed by atoms with Gasteiger partial charge >= 0.3 is 0 Å². The maximum Gasteiger partial charge on any atom is 0.235 e. The van der Waals surface area contributed by atoms with Crippen LogP contribution in [0.4, 0.5) is 11.5 Å². The zero-order chi connectivity index (χ0) is 15.6. The molecular formula is C15H18N4O2S. The van der Waals surface area contributed by atoms with Gasteiger partial charge in [-0.25, -0.2) is 18.4 Å². The molecule has 0 bridgehead atoms. The van der Waals surface area contributed by atoms with Gasteiger partial charge in [-0.3, -0.25) is 4.31 Å². The van der Waals surface area contributed by atoms with Crippen molar-refractivity contribution in [3.63, 3.8) is 0 Å². The number of benzene rings is 1. The molecule has 0 saturated carbocycles. The van der Waals surface area contributed by atoms with E-state index in [4.69, 9.17) is 0 Å². The van der Waals surface area contributed by atoms with Crippen molar-refractivity contribution in [1.29, 1.82) is 0 Å². The molecule has 0 spiro atoms. The predicted octanol–water partition coefficient (Wildman–Crippen LogP) is 1.94. The van der Waals surface area contributed by atoms with Gasteiger partial charge in [-0.15, -0.1) is 0 Å². The van der Waals surface area contributed by atoms with Crippen LogP contribution < -0.4 is 9.62 Å². The second-order valence-corrected chi connectivity index (χ2v) is 7.32. The number of sulfonamides is 1. The van der Waals surface area contributed by atoms with Gasteiger partial charge in [0.25, 0.3) is 0 Å². The van der Waals surface area contributed by atoms with E-state index in [1.165, 1.54) is 10.6 Å². The summed E-state index contributed by atoms with van der Waals surface area (Å²) in [4.78, 5) is 8.20. The lowest BCUT2D eigenvalue weighted by atomic mass is 10.2. The second-order valence-electron chi connectivity index (χ2n) is 5.31. The Labute approximate surface area is 130 Å². The van der Waals surface area contributed by atoms with Crippen LogP contribution in [0.1, 0.15) is 17.7 Å². The van der Waals surface area contributed by atoms with Crippen LogP contribution >= 0.6 is 0 Å². The van der Waals surface area contributed by atoms with Crippen LogP contribution in [0.25, 0.3) is 0 Å². The highest BCUT2D eigenvalue weighted by Gasteiger charge is 2.28. The van der Waals surface area contributed by atoms with Crippen molar-refractivity contribution in [2.75, 3.05) is 21.9 Å². The molecule has 22 heavy (non-hydrogen) atoms. The van der Waals surface area contributed by atoms with E-state index >= 15 is 0 Å². The summed E-state index contributed by atoms with van der Waals surface area (Å²) < 4.78 is 25.5. The summed E-state index contributed by atoms with van der Waals surface area (Å²) in [7, 11) is -3.14. The normalized spacial score (nSPS) is 16.7. The number of aryl methyl sites for hydroxylation is 1. The highest BCUT2D eigenvalue weighted by atomic mass is 32.2. The van der Waals surface area contributed by atoms with Crippen molar-refractivity contribution in [3.05, 3.63) is 47.9 Å². The first-order valence-corrected chi connectivity index (χ1v) is 8.77. The van der Waals surface area contributed by atoms with Gasteiger partial charge in [-0.05, 0) is 31.0 Å². The van der Waals surface area contributed by atoms with Gasteiger partial charge in [-0.1, -0.05) is 12.1 Å². The van der Waals surface area contributed by atoms with Crippen LogP contribution in [0.5, 0.6) is 0 Å². The lowest BCUT2D eigenvalue weighted by Crippen LogP contribution is -2.25. The number of hydrogen-bond donors (Lipinski definition) is 1. The van der Waals surface area contributed by atoms with E-state index in [2.05, 4.69) is 15.3 Å². The Morgan fingerprint density at radius 1 is 1.27 bits per heavy atom. The molecule has 7 heteroatoms. The number of anilines is 2. The highest BCUT2D eigenvalue weighted by Crippen LogP contribution is 2.24. The van der Waals surface area contributed by atoms with Gasteiger partial charge in [0.15, 0.2) is 0 Å². The molecule has 2 aromatic rings. The Bertz CT molecular complexity index is 777. The fourth-order valence-corrected chi connectivity index (χ4v) is 4.05. The summed E-state index contributed by atoms with van der Waals surface area (Å²) in [6.07, 6.45) is 2.20. The van der Waals surface area contributed by atoms with Gasteiger partial charge in [0.1, 0.15) is 12.1 Å². The van der Waals surface area contributed by atoms with Crippen LogP contribution in [0.3, 0.4) is 0 Å². The first-order valence-electron chi connectivity index (χ1n) is 7.16. The summed E-state index contributed by atoms with van der Waals surface area (Å²) in [5.74, 6) is 0.988. The Morgan fingerprint density at radius 3 is 2.86 bits per heavy atom. The number of aromatic nitrogens is 2. The molecule has 0 radical (unpaired) electrons. The van der Waals surface area contributed by atoms with Gasteiger partial charge in [-0.2, -0.15) is 0 Å². The summed E-state index contributed by atoms with van der Waals surface area (Å²) >= 11 is 0. The highest BCUT2D eigenvalue weighted by molar-refractivity contribution is 7.93. The number of nitrogens with zero attached hydrogens (tertiary/aromatic N) is 3. The van der Waals surface area contributed by atoms with Crippen molar-refractivity contribution in [3.8, 4) is 0 Å². The van der Waals surface area contributed by atoms with E-state index < -0.39 is 10.0 Å². The standard InChI is InChI=1S/C15H18N4O2S/c1-12-8-15(18-11-17-12)16-10-13-4-2-5-14(9-13)19-6-3-7-22(19,20)21/h2,4-5,8-9,11H,3,6-7,10H2,1H3,(H,16,17,18). The molecule has 1 N–H and O–H groups in total. The largest absolute Gasteiger partial charge is 0.366 e. The zero-order valence-corrected chi connectivity index (χ0v) is 13.2. The smallest absolute Gasteiger partial charge is 0.235 e. The Balaban J connectivity index is 1.74. The topological polar surface area (TPSA) is 75.2 Å². The minimum atomic E-state index is -3.14. The molecule has 1 fully saturated rings. The van der Waals surface area contributed by atoms with Crippen molar-refractivity contribution in [2.45, 2.75) is 19.9 Å². The molecule has 0 unspecified atom stereocenters. The van der Waals surface area contributed by atoms with Crippen LogP contribution in [0.2, 0.25) is 0 Å². The van der Waals surface area contributed by atoms with Crippen molar-refractivity contribution in [2.24, 2.45) is 0 Å². The van der Waals surface area contributed by atoms with Gasteiger partial charge in [0, 0.05) is 24.8 Å². The molecule has 1 saturated heterocycles. The minimum Gasteiger partial charge on any atom is -0.366 e. The number of rotatable bonds is 4. The van der Waals surface area contributed by atoms with Crippen LogP contribution in [0.15, 0.2) is 36.7 Å². The summed E-state index contributed by atoms with van der Waals surface area (Å²) in [5, 5.41) is 3.22. The lowest BCUT2D eigenvalue weighted by Gasteiger charge is -2.17. The molecule has 1 aromatic carbocycles. The molecule has 3 rings (SSSR count). The van der Waals surface area contributed by atoms with Gasteiger partial charge in [0.05, 0.1) is 11.4 Å². The molecule has 116 valence electrons. The quantitative estimate of drug-likeness (QED) is 0.932. The van der Waals surface area contributed by atoms with E-state index in [1.807, 2.05) is 37.3 Å². The predicted molar refractivity (Wildman–Crippen MR) is 86.3 cm³/mol. The molecule has 1 aliphatic rings. The molecule has 2 heterocycles. The van der Waals surface area contributed by atoms with Crippen LogP contribution in [0, 0.1) is 6.92 Å². The Morgan fingerprint density at radius 2 is 2.14 bits per heavy atom. The van der Waals surface area contributed by atoms with Crippen molar-refractivity contribution in [1.82, 2.24) is 9.97 Å². The van der Waals surface area contributed by atoms with E-state index in [1.54, 1.807) is 0 Å². The summed E-state index contributed by atoms with van der Waals surface area (Å²) in [6, 6.07) is 9.46. The van der Waals surface area contributed by atoms with E-state index in [-0.39, 0.29) is 5.75 Å². The monoisotopic (exact) mass is 318 g/mol. The molecule has 0 atom stereocenters. The zero-order valence-electron chi connectivity index (χ0n) is 12.4. The van der Waals surface area contributed by atoms with E-state index in [9.17, 15) is 8.42 Å². The fraction of sp³-hybridized carbons (Fsp3) is 0.333.